The Kier molecular flexibility index (Phi) is 6.18. The van der Waals surface area contributed by atoms with Crippen LogP contribution in [0.1, 0.15) is 25.3 Å². The molecule has 0 aliphatic rings. The van der Waals surface area contributed by atoms with Crippen LogP contribution in [-0.2, 0) is 11.4 Å². The smallest absolute Gasteiger partial charge is 0.224 e. The molecule has 1 aromatic rings. The van der Waals surface area contributed by atoms with Crippen LogP contribution in [0.4, 0.5) is 5.69 Å². The Hall–Kier alpha value is -1.59. The first-order chi connectivity index (χ1) is 8.71. The van der Waals surface area contributed by atoms with Gasteiger partial charge in [-0.3, -0.25) is 4.79 Å². The number of hydrogen-bond donors (Lipinski definition) is 3. The summed E-state index contributed by atoms with van der Waals surface area (Å²) in [5, 5.41) is 12.0. The molecule has 4 N–H and O–H groups in total. The van der Waals surface area contributed by atoms with Gasteiger partial charge in [-0.25, -0.2) is 0 Å². The zero-order valence-corrected chi connectivity index (χ0v) is 10.6. The van der Waals surface area contributed by atoms with Crippen molar-refractivity contribution < 1.29 is 14.6 Å². The summed E-state index contributed by atoms with van der Waals surface area (Å²) in [5.41, 5.74) is 6.66. The average molecular weight is 252 g/mol. The van der Waals surface area contributed by atoms with Crippen LogP contribution in [0.3, 0.4) is 0 Å². The minimum Gasteiger partial charge on any atom is -0.494 e. The molecule has 0 aromatic heterocycles. The van der Waals surface area contributed by atoms with E-state index in [0.29, 0.717) is 43.0 Å². The number of aliphatic hydroxyl groups is 1. The molecule has 0 radical (unpaired) electrons. The fourth-order valence-electron chi connectivity index (χ4n) is 1.56. The molecule has 0 aliphatic carbocycles. The maximum absolute atomic E-state index is 11.5. The van der Waals surface area contributed by atoms with E-state index in [1.54, 1.807) is 18.2 Å². The molecule has 5 nitrogen and oxygen atoms in total. The maximum atomic E-state index is 11.5. The van der Waals surface area contributed by atoms with Crippen molar-refractivity contribution in [2.75, 3.05) is 18.5 Å². The Bertz CT molecular complexity index is 394. The highest BCUT2D eigenvalue weighted by Crippen LogP contribution is 2.23. The van der Waals surface area contributed by atoms with Gasteiger partial charge in [0, 0.05) is 17.7 Å². The van der Waals surface area contributed by atoms with Crippen LogP contribution in [0, 0.1) is 0 Å². The zero-order chi connectivity index (χ0) is 13.4. The number of aliphatic hydroxyl groups excluding tert-OH is 1. The van der Waals surface area contributed by atoms with E-state index in [9.17, 15) is 9.90 Å². The number of carbonyl (C=O) groups excluding carboxylic acids is 1. The molecule has 0 bridgehead atoms. The Morgan fingerprint density at radius 1 is 1.50 bits per heavy atom. The summed E-state index contributed by atoms with van der Waals surface area (Å²) >= 11 is 0. The van der Waals surface area contributed by atoms with E-state index in [2.05, 4.69) is 5.32 Å². The van der Waals surface area contributed by atoms with Crippen LogP contribution in [0.15, 0.2) is 18.2 Å². The highest BCUT2D eigenvalue weighted by atomic mass is 16.5. The third kappa shape index (κ3) is 4.35. The molecule has 100 valence electrons. The van der Waals surface area contributed by atoms with Gasteiger partial charge in [0.1, 0.15) is 5.75 Å². The maximum Gasteiger partial charge on any atom is 0.224 e. The molecule has 1 aromatic carbocycles. The Morgan fingerprint density at radius 2 is 2.28 bits per heavy atom. The highest BCUT2D eigenvalue weighted by Gasteiger charge is 2.06. The molecule has 1 rings (SSSR count). The first-order valence-corrected chi connectivity index (χ1v) is 6.07. The summed E-state index contributed by atoms with van der Waals surface area (Å²) in [6.45, 7) is 2.79. The molecule has 1 amide bonds. The molecule has 0 fully saturated rings. The fourth-order valence-corrected chi connectivity index (χ4v) is 1.56. The first-order valence-electron chi connectivity index (χ1n) is 6.07. The SMILES string of the molecule is CCOc1ccc(NC(=O)CCCN)cc1CO. The van der Waals surface area contributed by atoms with Crippen LogP contribution < -0.4 is 15.8 Å². The molecule has 0 spiro atoms. The van der Waals surface area contributed by atoms with Crippen LogP contribution in [-0.4, -0.2) is 24.2 Å². The van der Waals surface area contributed by atoms with Crippen molar-refractivity contribution in [3.63, 3.8) is 0 Å². The minimum atomic E-state index is -0.123. The van der Waals surface area contributed by atoms with Crippen LogP contribution >= 0.6 is 0 Å². The third-order valence-electron chi connectivity index (χ3n) is 2.42. The number of rotatable bonds is 7. The summed E-state index contributed by atoms with van der Waals surface area (Å²) in [4.78, 5) is 11.5. The van der Waals surface area contributed by atoms with Crippen molar-refractivity contribution in [1.29, 1.82) is 0 Å². The molecule has 0 atom stereocenters. The standard InChI is InChI=1S/C13H20N2O3/c1-2-18-12-6-5-11(8-10(12)9-16)15-13(17)4-3-7-14/h5-6,8,16H,2-4,7,9,14H2,1H3,(H,15,17). The van der Waals surface area contributed by atoms with E-state index in [4.69, 9.17) is 10.5 Å². The van der Waals surface area contributed by atoms with Crippen LogP contribution in [0.5, 0.6) is 5.75 Å². The number of ether oxygens (including phenoxy) is 1. The summed E-state index contributed by atoms with van der Waals surface area (Å²) < 4.78 is 5.36. The van der Waals surface area contributed by atoms with Gasteiger partial charge in [-0.05, 0) is 38.1 Å². The monoisotopic (exact) mass is 252 g/mol. The number of nitrogens with two attached hydrogens (primary N) is 1. The average Bonchev–Trinajstić information content (AvgIpc) is 2.38. The van der Waals surface area contributed by atoms with Crippen molar-refractivity contribution in [3.8, 4) is 5.75 Å². The quantitative estimate of drug-likeness (QED) is 0.682. The van der Waals surface area contributed by atoms with Crippen LogP contribution in [0.2, 0.25) is 0 Å². The predicted octanol–water partition coefficient (Wildman–Crippen LogP) is 1.25. The molecule has 0 aliphatic heterocycles. The normalized spacial score (nSPS) is 10.2. The zero-order valence-electron chi connectivity index (χ0n) is 10.6. The molecule has 0 unspecified atom stereocenters. The molecule has 0 heterocycles. The lowest BCUT2D eigenvalue weighted by Crippen LogP contribution is -2.13. The van der Waals surface area contributed by atoms with Crippen molar-refractivity contribution >= 4 is 11.6 Å². The van der Waals surface area contributed by atoms with E-state index in [-0.39, 0.29) is 12.5 Å². The van der Waals surface area contributed by atoms with E-state index in [1.807, 2.05) is 6.92 Å². The van der Waals surface area contributed by atoms with Crippen molar-refractivity contribution in [2.45, 2.75) is 26.4 Å². The van der Waals surface area contributed by atoms with Gasteiger partial charge in [0.05, 0.1) is 13.2 Å². The number of anilines is 1. The van der Waals surface area contributed by atoms with Gasteiger partial charge >= 0.3 is 0 Å². The lowest BCUT2D eigenvalue weighted by Gasteiger charge is -2.11. The second-order valence-corrected chi connectivity index (χ2v) is 3.85. The summed E-state index contributed by atoms with van der Waals surface area (Å²) in [5.74, 6) is 0.563. The number of amides is 1. The molecule has 0 saturated carbocycles. The van der Waals surface area contributed by atoms with Gasteiger partial charge in [0.15, 0.2) is 0 Å². The van der Waals surface area contributed by atoms with Gasteiger partial charge in [0.25, 0.3) is 0 Å². The first kappa shape index (κ1) is 14.5. The largest absolute Gasteiger partial charge is 0.494 e. The Morgan fingerprint density at radius 3 is 2.89 bits per heavy atom. The summed E-state index contributed by atoms with van der Waals surface area (Å²) in [6.07, 6.45) is 1.06. The second-order valence-electron chi connectivity index (χ2n) is 3.85. The minimum absolute atomic E-state index is 0.0755. The van der Waals surface area contributed by atoms with Gasteiger partial charge in [-0.1, -0.05) is 0 Å². The van der Waals surface area contributed by atoms with E-state index in [0.717, 1.165) is 0 Å². The Labute approximate surface area is 107 Å². The molecular formula is C13H20N2O3. The van der Waals surface area contributed by atoms with Gasteiger partial charge in [-0.2, -0.15) is 0 Å². The highest BCUT2D eigenvalue weighted by molar-refractivity contribution is 5.90. The van der Waals surface area contributed by atoms with Gasteiger partial charge in [0.2, 0.25) is 5.91 Å². The number of hydrogen-bond acceptors (Lipinski definition) is 4. The van der Waals surface area contributed by atoms with E-state index >= 15 is 0 Å². The second kappa shape index (κ2) is 7.68. The molecule has 0 saturated heterocycles. The molecule has 18 heavy (non-hydrogen) atoms. The molecule has 5 heteroatoms. The van der Waals surface area contributed by atoms with Gasteiger partial charge < -0.3 is 20.9 Å². The number of benzene rings is 1. The van der Waals surface area contributed by atoms with E-state index in [1.165, 1.54) is 0 Å². The van der Waals surface area contributed by atoms with Crippen molar-refractivity contribution in [3.05, 3.63) is 23.8 Å². The van der Waals surface area contributed by atoms with Crippen molar-refractivity contribution in [1.82, 2.24) is 0 Å². The summed E-state index contributed by atoms with van der Waals surface area (Å²) in [7, 11) is 0. The number of carbonyl (C=O) groups is 1. The molecular weight excluding hydrogens is 232 g/mol. The van der Waals surface area contributed by atoms with E-state index < -0.39 is 0 Å². The van der Waals surface area contributed by atoms with Crippen molar-refractivity contribution in [2.24, 2.45) is 5.73 Å². The fraction of sp³-hybridized carbons (Fsp3) is 0.462. The third-order valence-corrected chi connectivity index (χ3v) is 2.42. The van der Waals surface area contributed by atoms with Crippen LogP contribution in [0.25, 0.3) is 0 Å². The predicted molar refractivity (Wildman–Crippen MR) is 70.5 cm³/mol. The lowest BCUT2D eigenvalue weighted by molar-refractivity contribution is -0.116. The van der Waals surface area contributed by atoms with Gasteiger partial charge in [-0.15, -0.1) is 0 Å². The number of nitrogens with one attached hydrogen (secondary N) is 1. The lowest BCUT2D eigenvalue weighted by atomic mass is 10.2. The Balaban J connectivity index is 2.69. The summed E-state index contributed by atoms with van der Waals surface area (Å²) in [6, 6.07) is 5.21. The topological polar surface area (TPSA) is 84.6 Å².